The fourth-order valence-electron chi connectivity index (χ4n) is 7.66. The Labute approximate surface area is 342 Å². The quantitative estimate of drug-likeness (QED) is 0.171. The van der Waals surface area contributed by atoms with E-state index in [4.69, 9.17) is 27.3 Å². The summed E-state index contributed by atoms with van der Waals surface area (Å²) >= 11 is 0. The van der Waals surface area contributed by atoms with Gasteiger partial charge in [0.1, 0.15) is 0 Å². The lowest BCUT2D eigenvalue weighted by molar-refractivity contribution is 1.07. The molecule has 0 atom stereocenters. The molecular formula is C53H34N4. The maximum atomic E-state index is 9.08. The van der Waals surface area contributed by atoms with Gasteiger partial charge in [0.25, 0.3) is 0 Å². The van der Waals surface area contributed by atoms with E-state index in [0.717, 1.165) is 43.8 Å². The van der Waals surface area contributed by atoms with Crippen molar-refractivity contribution in [3.05, 3.63) is 206 Å². The summed E-state index contributed by atoms with van der Waals surface area (Å²) in [5.74, 6) is 1.39. The summed E-state index contributed by atoms with van der Waals surface area (Å²) in [6, 6.07) is 45.9. The van der Waals surface area contributed by atoms with Crippen molar-refractivity contribution < 1.29 is 12.3 Å². The molecule has 0 bridgehead atoms. The van der Waals surface area contributed by atoms with Crippen molar-refractivity contribution in [3.8, 4) is 62.1 Å². The Morgan fingerprint density at radius 3 is 1.74 bits per heavy atom. The summed E-state index contributed by atoms with van der Waals surface area (Å²) in [5, 5.41) is 5.25. The highest BCUT2D eigenvalue weighted by Crippen LogP contribution is 2.36. The Morgan fingerprint density at radius 1 is 0.351 bits per heavy atom. The third-order valence-corrected chi connectivity index (χ3v) is 10.5. The summed E-state index contributed by atoms with van der Waals surface area (Å²) in [6.45, 7) is 0. The van der Waals surface area contributed by atoms with Crippen LogP contribution in [0.5, 0.6) is 0 Å². The number of rotatable bonds is 6. The van der Waals surface area contributed by atoms with Crippen LogP contribution in [-0.4, -0.2) is 19.5 Å². The third kappa shape index (κ3) is 5.83. The second-order valence-electron chi connectivity index (χ2n) is 13.8. The van der Waals surface area contributed by atoms with Gasteiger partial charge in [0, 0.05) is 33.2 Å². The van der Waals surface area contributed by atoms with Crippen molar-refractivity contribution in [1.29, 1.82) is 0 Å². The van der Waals surface area contributed by atoms with E-state index in [0.29, 0.717) is 50.6 Å². The van der Waals surface area contributed by atoms with E-state index in [1.807, 2.05) is 72.8 Å². The minimum atomic E-state index is -0.503. The van der Waals surface area contributed by atoms with Crippen LogP contribution in [0.15, 0.2) is 206 Å². The maximum absolute atomic E-state index is 9.08. The van der Waals surface area contributed by atoms with Gasteiger partial charge in [-0.25, -0.2) is 15.0 Å². The van der Waals surface area contributed by atoms with Crippen molar-refractivity contribution in [2.75, 3.05) is 0 Å². The van der Waals surface area contributed by atoms with Crippen LogP contribution in [0.2, 0.25) is 0 Å². The largest absolute Gasteiger partial charge is 0.309 e. The first-order valence-electron chi connectivity index (χ1n) is 23.0. The molecule has 11 rings (SSSR count). The van der Waals surface area contributed by atoms with Gasteiger partial charge in [0.15, 0.2) is 17.5 Å². The van der Waals surface area contributed by atoms with E-state index in [9.17, 15) is 0 Å². The van der Waals surface area contributed by atoms with Crippen LogP contribution >= 0.6 is 0 Å². The van der Waals surface area contributed by atoms with Gasteiger partial charge in [0.2, 0.25) is 0 Å². The van der Waals surface area contributed by atoms with Gasteiger partial charge in [-0.2, -0.15) is 0 Å². The molecule has 0 fully saturated rings. The fraction of sp³-hybridized carbons (Fsp3) is 0. The van der Waals surface area contributed by atoms with E-state index >= 15 is 0 Å². The first-order valence-corrected chi connectivity index (χ1v) is 18.5. The van der Waals surface area contributed by atoms with E-state index < -0.39 is 24.2 Å². The summed E-state index contributed by atoms with van der Waals surface area (Å²) in [5.41, 5.74) is 6.05. The normalized spacial score (nSPS) is 13.7. The highest BCUT2D eigenvalue weighted by molar-refractivity contribution is 6.10. The van der Waals surface area contributed by atoms with Crippen molar-refractivity contribution in [2.24, 2.45) is 0 Å². The van der Waals surface area contributed by atoms with Crippen LogP contribution in [0.25, 0.3) is 105 Å². The Bertz CT molecular complexity index is 3780. The van der Waals surface area contributed by atoms with Gasteiger partial charge in [-0.15, -0.1) is 0 Å². The van der Waals surface area contributed by atoms with Crippen molar-refractivity contribution >= 4 is 43.4 Å². The molecule has 2 aromatic heterocycles. The van der Waals surface area contributed by atoms with Gasteiger partial charge in [-0.05, 0) is 86.2 Å². The zero-order valence-corrected chi connectivity index (χ0v) is 30.2. The van der Waals surface area contributed by atoms with Gasteiger partial charge in [-0.1, -0.05) is 164 Å². The average molecular weight is 736 g/mol. The summed E-state index contributed by atoms with van der Waals surface area (Å²) in [6.07, 6.45) is 0. The molecule has 11 aromatic rings. The standard InChI is InChI=1S/C53H34N4/c1-2-11-35(12-3-1)42-29-32-48-47-18-8-9-20-49(47)57(50(48)34-42)44-30-27-40(28-31-44)52-54-51(55-53(56-52)43-26-21-36-13-4-5-15-41(36)33-43)39-24-22-38(23-25-39)46-19-10-16-37-14-6-7-17-45(37)46/h1-34H/i1D,2D,3D,8D,9D,11D,12D,18D,20D. The molecule has 0 N–H and O–H groups in total. The zero-order chi connectivity index (χ0) is 45.5. The minimum Gasteiger partial charge on any atom is -0.309 e. The molecule has 0 radical (unpaired) electrons. The lowest BCUT2D eigenvalue weighted by Crippen LogP contribution is -2.01. The maximum Gasteiger partial charge on any atom is 0.164 e. The zero-order valence-electron chi connectivity index (χ0n) is 39.2. The van der Waals surface area contributed by atoms with Crippen molar-refractivity contribution in [3.63, 3.8) is 0 Å². The van der Waals surface area contributed by atoms with Crippen molar-refractivity contribution in [2.45, 2.75) is 0 Å². The summed E-state index contributed by atoms with van der Waals surface area (Å²) in [4.78, 5) is 15.1. The SMILES string of the molecule is [2H]c1c([2H])c([2H])c(-c2ccc3c4c([2H])c([2H])c([2H])c([2H])c4n(-c4ccc(-c5nc(-c6ccc(-c7cccc8ccccc78)cc6)nc(-c6ccc7ccccc7c6)n5)cc4)c3c2)c([2H])c1[2H]. The van der Waals surface area contributed by atoms with Crippen LogP contribution in [0.3, 0.4) is 0 Å². The van der Waals surface area contributed by atoms with Gasteiger partial charge >= 0.3 is 0 Å². The number of nitrogens with zero attached hydrogens (tertiary/aromatic N) is 4. The minimum absolute atomic E-state index is 0.00525. The Morgan fingerprint density at radius 2 is 0.947 bits per heavy atom. The smallest absolute Gasteiger partial charge is 0.164 e. The van der Waals surface area contributed by atoms with Crippen LogP contribution in [0, 0.1) is 0 Å². The molecule has 9 aromatic carbocycles. The Hall–Kier alpha value is -7.69. The van der Waals surface area contributed by atoms with Crippen LogP contribution < -0.4 is 0 Å². The van der Waals surface area contributed by atoms with Gasteiger partial charge in [-0.3, -0.25) is 0 Å². The number of fused-ring (bicyclic) bond motifs is 5. The van der Waals surface area contributed by atoms with Gasteiger partial charge in [0.05, 0.1) is 23.4 Å². The lowest BCUT2D eigenvalue weighted by atomic mass is 9.97. The molecule has 4 heteroatoms. The van der Waals surface area contributed by atoms with E-state index in [2.05, 4.69) is 60.7 Å². The predicted octanol–water partition coefficient (Wildman–Crippen LogP) is 13.6. The molecule has 2 heterocycles. The van der Waals surface area contributed by atoms with Crippen molar-refractivity contribution in [1.82, 2.24) is 19.5 Å². The van der Waals surface area contributed by atoms with E-state index in [1.165, 1.54) is 0 Å². The fourth-order valence-corrected chi connectivity index (χ4v) is 7.66. The number of para-hydroxylation sites is 1. The third-order valence-electron chi connectivity index (χ3n) is 10.5. The van der Waals surface area contributed by atoms with E-state index in [1.54, 1.807) is 22.8 Å². The molecule has 0 amide bonds. The molecule has 57 heavy (non-hydrogen) atoms. The number of aromatic nitrogens is 4. The van der Waals surface area contributed by atoms with Crippen LogP contribution in [-0.2, 0) is 0 Å². The lowest BCUT2D eigenvalue weighted by Gasteiger charge is -2.12. The first-order chi connectivity index (χ1) is 32.0. The van der Waals surface area contributed by atoms with Gasteiger partial charge < -0.3 is 4.57 Å². The first kappa shape index (κ1) is 24.7. The molecule has 4 nitrogen and oxygen atoms in total. The number of benzene rings is 9. The second-order valence-corrected chi connectivity index (χ2v) is 13.8. The Balaban J connectivity index is 1.07. The molecule has 266 valence electrons. The summed E-state index contributed by atoms with van der Waals surface area (Å²) < 4.78 is 79.0. The average Bonchev–Trinajstić information content (AvgIpc) is 3.70. The van der Waals surface area contributed by atoms with Crippen LogP contribution in [0.1, 0.15) is 12.3 Å². The Kier molecular flexibility index (Phi) is 5.87. The van der Waals surface area contributed by atoms with Crippen LogP contribution in [0.4, 0.5) is 0 Å². The molecule has 0 saturated carbocycles. The summed E-state index contributed by atoms with van der Waals surface area (Å²) in [7, 11) is 0. The van der Waals surface area contributed by atoms with E-state index in [-0.39, 0.29) is 41.3 Å². The second kappa shape index (κ2) is 13.6. The highest BCUT2D eigenvalue weighted by Gasteiger charge is 2.16. The highest BCUT2D eigenvalue weighted by atomic mass is 15.0. The monoisotopic (exact) mass is 735 g/mol. The number of hydrogen-bond donors (Lipinski definition) is 0. The molecule has 0 aliphatic rings. The molecular weight excluding hydrogens is 693 g/mol. The predicted molar refractivity (Wildman–Crippen MR) is 236 cm³/mol. The molecule has 0 spiro atoms. The molecule has 0 unspecified atom stereocenters. The molecule has 0 saturated heterocycles. The number of hydrogen-bond acceptors (Lipinski definition) is 3. The topological polar surface area (TPSA) is 43.6 Å². The molecule has 0 aliphatic carbocycles. The molecule has 0 aliphatic heterocycles.